The molecule has 0 unspecified atom stereocenters. The van der Waals surface area contributed by atoms with Crippen LogP contribution < -0.4 is 11.2 Å². The Labute approximate surface area is 119 Å². The van der Waals surface area contributed by atoms with Gasteiger partial charge in [0.25, 0.3) is 5.56 Å². The zero-order valence-electron chi connectivity index (χ0n) is 8.92. The SMILES string of the molecule is O=c1[nH]c(=O)n([C@@H]2O[C@H](CO)[C@@H](O)[C@H]2I)cc1Cl. The number of halogens is 2. The normalized spacial score (nSPS) is 31.8. The molecule has 0 radical (unpaired) electrons. The Balaban J connectivity index is 2.42. The standard InChI is InChI=1S/C9H10ClIN2O5/c10-3-1-13(9(17)12-7(3)16)8-5(11)6(15)4(2-14)18-8/h1,4-6,8,14-15H,2H2,(H,12,16,17)/t4-,5-,6-,8-/m1/s1. The smallest absolute Gasteiger partial charge is 0.330 e. The van der Waals surface area contributed by atoms with E-state index in [0.29, 0.717) is 0 Å². The van der Waals surface area contributed by atoms with Crippen LogP contribution >= 0.6 is 34.2 Å². The van der Waals surface area contributed by atoms with Crippen molar-refractivity contribution in [1.82, 2.24) is 9.55 Å². The van der Waals surface area contributed by atoms with E-state index < -0.39 is 33.6 Å². The van der Waals surface area contributed by atoms with Gasteiger partial charge < -0.3 is 14.9 Å². The number of aliphatic hydroxyl groups excluding tert-OH is 2. The molecule has 100 valence electrons. The Hall–Kier alpha value is -0.420. The van der Waals surface area contributed by atoms with Crippen LogP contribution in [0.3, 0.4) is 0 Å². The molecule has 1 fully saturated rings. The largest absolute Gasteiger partial charge is 0.394 e. The van der Waals surface area contributed by atoms with Gasteiger partial charge >= 0.3 is 5.69 Å². The quantitative estimate of drug-likeness (QED) is 0.457. The number of hydrogen-bond acceptors (Lipinski definition) is 5. The fraction of sp³-hybridized carbons (Fsp3) is 0.556. The molecule has 0 bridgehead atoms. The number of nitrogens with one attached hydrogen (secondary N) is 1. The first-order valence-electron chi connectivity index (χ1n) is 5.05. The Kier molecular flexibility index (Phi) is 4.11. The second-order valence-corrected chi connectivity index (χ2v) is 5.67. The number of aromatic amines is 1. The second-order valence-electron chi connectivity index (χ2n) is 3.83. The van der Waals surface area contributed by atoms with Gasteiger partial charge in [0.15, 0.2) is 6.23 Å². The molecule has 1 aliphatic rings. The summed E-state index contributed by atoms with van der Waals surface area (Å²) in [5.41, 5.74) is -1.36. The van der Waals surface area contributed by atoms with Crippen LogP contribution in [0.4, 0.5) is 0 Å². The van der Waals surface area contributed by atoms with Crippen molar-refractivity contribution in [1.29, 1.82) is 0 Å². The maximum atomic E-state index is 11.6. The first-order chi connectivity index (χ1) is 8.45. The molecule has 0 aromatic carbocycles. The molecule has 2 rings (SSSR count). The van der Waals surface area contributed by atoms with Gasteiger partial charge in [-0.05, 0) is 0 Å². The summed E-state index contributed by atoms with van der Waals surface area (Å²) in [6.07, 6.45) is -1.31. The highest BCUT2D eigenvalue weighted by Crippen LogP contribution is 2.34. The van der Waals surface area contributed by atoms with Gasteiger partial charge in [-0.25, -0.2) is 4.79 Å². The van der Waals surface area contributed by atoms with Crippen molar-refractivity contribution in [3.8, 4) is 0 Å². The van der Waals surface area contributed by atoms with E-state index in [-0.39, 0.29) is 11.6 Å². The van der Waals surface area contributed by atoms with Gasteiger partial charge in [-0.1, -0.05) is 34.2 Å². The van der Waals surface area contributed by atoms with Crippen LogP contribution in [0.2, 0.25) is 5.02 Å². The topological polar surface area (TPSA) is 105 Å². The van der Waals surface area contributed by atoms with Crippen LogP contribution in [-0.2, 0) is 4.74 Å². The predicted octanol–water partition coefficient (Wildman–Crippen LogP) is -0.756. The number of aliphatic hydroxyl groups is 2. The third kappa shape index (κ3) is 2.35. The molecule has 18 heavy (non-hydrogen) atoms. The van der Waals surface area contributed by atoms with Gasteiger partial charge in [0.1, 0.15) is 11.1 Å². The minimum atomic E-state index is -0.904. The van der Waals surface area contributed by atoms with Crippen LogP contribution in [0.5, 0.6) is 0 Å². The molecular formula is C9H10ClIN2O5. The molecule has 1 aliphatic heterocycles. The molecule has 1 saturated heterocycles. The summed E-state index contributed by atoms with van der Waals surface area (Å²) < 4.78 is 6.02. The Bertz CT molecular complexity index is 559. The monoisotopic (exact) mass is 388 g/mol. The summed E-state index contributed by atoms with van der Waals surface area (Å²) in [6.45, 7) is -0.358. The van der Waals surface area contributed by atoms with Crippen molar-refractivity contribution in [3.63, 3.8) is 0 Å². The number of alkyl halides is 1. The number of nitrogens with zero attached hydrogens (tertiary/aromatic N) is 1. The van der Waals surface area contributed by atoms with Crippen LogP contribution in [0.15, 0.2) is 15.8 Å². The zero-order valence-corrected chi connectivity index (χ0v) is 11.8. The first-order valence-corrected chi connectivity index (χ1v) is 6.67. The minimum Gasteiger partial charge on any atom is -0.394 e. The molecule has 0 aliphatic carbocycles. The van der Waals surface area contributed by atoms with Crippen LogP contribution in [0.25, 0.3) is 0 Å². The number of aromatic nitrogens is 2. The highest BCUT2D eigenvalue weighted by atomic mass is 127. The number of hydrogen-bond donors (Lipinski definition) is 3. The molecule has 0 amide bonds. The summed E-state index contributed by atoms with van der Waals surface area (Å²) in [7, 11) is 0. The van der Waals surface area contributed by atoms with Crippen molar-refractivity contribution < 1.29 is 14.9 Å². The van der Waals surface area contributed by atoms with E-state index in [0.717, 1.165) is 10.8 Å². The lowest BCUT2D eigenvalue weighted by molar-refractivity contribution is -0.0455. The highest BCUT2D eigenvalue weighted by Gasteiger charge is 2.43. The average Bonchev–Trinajstić information content (AvgIpc) is 2.61. The maximum Gasteiger partial charge on any atom is 0.330 e. The van der Waals surface area contributed by atoms with Crippen LogP contribution in [0.1, 0.15) is 6.23 Å². The van der Waals surface area contributed by atoms with Gasteiger partial charge in [0.2, 0.25) is 0 Å². The van der Waals surface area contributed by atoms with Crippen molar-refractivity contribution in [2.24, 2.45) is 0 Å². The summed E-state index contributed by atoms with van der Waals surface area (Å²) in [4.78, 5) is 24.8. The van der Waals surface area contributed by atoms with E-state index in [1.165, 1.54) is 0 Å². The van der Waals surface area contributed by atoms with Gasteiger partial charge in [0.05, 0.1) is 16.6 Å². The van der Waals surface area contributed by atoms with E-state index in [9.17, 15) is 14.7 Å². The van der Waals surface area contributed by atoms with Crippen molar-refractivity contribution in [2.45, 2.75) is 22.4 Å². The number of H-pyrrole nitrogens is 1. The summed E-state index contributed by atoms with van der Waals surface area (Å²) in [5.74, 6) is 0. The highest BCUT2D eigenvalue weighted by molar-refractivity contribution is 14.1. The van der Waals surface area contributed by atoms with E-state index >= 15 is 0 Å². The van der Waals surface area contributed by atoms with E-state index in [2.05, 4.69) is 0 Å². The van der Waals surface area contributed by atoms with Gasteiger partial charge in [-0.15, -0.1) is 0 Å². The van der Waals surface area contributed by atoms with E-state index in [4.69, 9.17) is 21.4 Å². The Morgan fingerprint density at radius 2 is 2.22 bits per heavy atom. The summed E-state index contributed by atoms with van der Waals surface area (Å²) in [5, 5.41) is 18.7. The molecule has 2 heterocycles. The van der Waals surface area contributed by atoms with Gasteiger partial charge in [-0.2, -0.15) is 0 Å². The van der Waals surface area contributed by atoms with Crippen LogP contribution in [-0.4, -0.2) is 42.5 Å². The van der Waals surface area contributed by atoms with Gasteiger partial charge in [0, 0.05) is 6.20 Å². The molecule has 0 saturated carbocycles. The summed E-state index contributed by atoms with van der Waals surface area (Å²) >= 11 is 7.56. The molecule has 7 nitrogen and oxygen atoms in total. The molecule has 4 atom stereocenters. The fourth-order valence-electron chi connectivity index (χ4n) is 1.73. The van der Waals surface area contributed by atoms with Gasteiger partial charge in [-0.3, -0.25) is 14.3 Å². The third-order valence-corrected chi connectivity index (χ3v) is 4.29. The summed E-state index contributed by atoms with van der Waals surface area (Å²) in [6, 6.07) is 0. The molecule has 0 spiro atoms. The molecule has 1 aromatic rings. The lowest BCUT2D eigenvalue weighted by Crippen LogP contribution is -2.35. The lowest BCUT2D eigenvalue weighted by Gasteiger charge is -2.16. The fourth-order valence-corrected chi connectivity index (χ4v) is 2.86. The van der Waals surface area contributed by atoms with Crippen molar-refractivity contribution in [3.05, 3.63) is 32.1 Å². The first kappa shape index (κ1) is 14.0. The number of ether oxygens (including phenoxy) is 1. The Morgan fingerprint density at radius 3 is 2.78 bits per heavy atom. The van der Waals surface area contributed by atoms with E-state index in [1.54, 1.807) is 0 Å². The predicted molar refractivity (Wildman–Crippen MR) is 71.1 cm³/mol. The molecular weight excluding hydrogens is 378 g/mol. The van der Waals surface area contributed by atoms with E-state index in [1.807, 2.05) is 27.6 Å². The molecule has 3 N–H and O–H groups in total. The average molecular weight is 389 g/mol. The minimum absolute atomic E-state index is 0.149. The lowest BCUT2D eigenvalue weighted by atomic mass is 10.2. The molecule has 1 aromatic heterocycles. The second kappa shape index (κ2) is 5.29. The number of rotatable bonds is 2. The van der Waals surface area contributed by atoms with Crippen molar-refractivity contribution in [2.75, 3.05) is 6.61 Å². The van der Waals surface area contributed by atoms with Crippen molar-refractivity contribution >= 4 is 34.2 Å². The Morgan fingerprint density at radius 1 is 1.56 bits per heavy atom. The van der Waals surface area contributed by atoms with Crippen LogP contribution in [0, 0.1) is 0 Å². The third-order valence-electron chi connectivity index (χ3n) is 2.67. The molecule has 9 heteroatoms. The maximum absolute atomic E-state index is 11.6. The zero-order chi connectivity index (χ0) is 13.4.